The maximum Gasteiger partial charge on any atom is 0.224 e. The van der Waals surface area contributed by atoms with Gasteiger partial charge in [0.1, 0.15) is 5.75 Å². The van der Waals surface area contributed by atoms with Crippen LogP contribution >= 0.6 is 11.6 Å². The van der Waals surface area contributed by atoms with Crippen LogP contribution in [0.5, 0.6) is 5.75 Å². The summed E-state index contributed by atoms with van der Waals surface area (Å²) in [4.78, 5) is 18.0. The Bertz CT molecular complexity index is 993. The topological polar surface area (TPSA) is 57.4 Å². The number of carbonyl (C=O) groups excluding carboxylic acids is 1. The molecule has 152 valence electrons. The maximum absolute atomic E-state index is 12.6. The zero-order chi connectivity index (χ0) is 20.2. The van der Waals surface area contributed by atoms with Crippen LogP contribution in [0.15, 0.2) is 48.7 Å². The highest BCUT2D eigenvalue weighted by molar-refractivity contribution is 6.30. The third-order valence-corrected chi connectivity index (χ3v) is 5.96. The average Bonchev–Trinajstić information content (AvgIpc) is 3.18. The van der Waals surface area contributed by atoms with Gasteiger partial charge in [0.05, 0.1) is 12.8 Å². The van der Waals surface area contributed by atoms with E-state index in [4.69, 9.17) is 16.3 Å². The second-order valence-corrected chi connectivity index (χ2v) is 7.90. The Kier molecular flexibility index (Phi) is 5.95. The lowest BCUT2D eigenvalue weighted by atomic mass is 9.89. The smallest absolute Gasteiger partial charge is 0.224 e. The number of benzene rings is 2. The van der Waals surface area contributed by atoms with E-state index < -0.39 is 0 Å². The predicted molar refractivity (Wildman–Crippen MR) is 118 cm³/mol. The molecule has 0 atom stereocenters. The van der Waals surface area contributed by atoms with Crippen molar-refractivity contribution in [3.8, 4) is 5.75 Å². The largest absolute Gasteiger partial charge is 0.495 e. The minimum absolute atomic E-state index is 0.191. The van der Waals surface area contributed by atoms with E-state index in [-0.39, 0.29) is 5.91 Å². The zero-order valence-electron chi connectivity index (χ0n) is 16.6. The number of methoxy groups -OCH3 is 1. The standard InChI is InChI=1S/C23H26ClN3O2/c1-29-22-7-6-17(24)14-21(22)25-11-8-23(28)27-12-9-16(10-13-27)19-15-26-20-5-3-2-4-18(19)20/h2-7,14-16,25-26H,8-13H2,1H3. The van der Waals surface area contributed by atoms with E-state index in [2.05, 4.69) is 40.8 Å². The average molecular weight is 412 g/mol. The molecule has 0 saturated carbocycles. The van der Waals surface area contributed by atoms with Crippen molar-refractivity contribution in [3.63, 3.8) is 0 Å². The number of carbonyl (C=O) groups is 1. The van der Waals surface area contributed by atoms with Gasteiger partial charge in [0, 0.05) is 48.2 Å². The summed E-state index contributed by atoms with van der Waals surface area (Å²) in [5.74, 6) is 1.42. The molecule has 3 aromatic rings. The number of nitrogens with one attached hydrogen (secondary N) is 2. The van der Waals surface area contributed by atoms with Crippen LogP contribution in [-0.4, -0.2) is 42.5 Å². The lowest BCUT2D eigenvalue weighted by Crippen LogP contribution is -2.38. The summed E-state index contributed by atoms with van der Waals surface area (Å²) in [6, 6.07) is 13.8. The minimum Gasteiger partial charge on any atom is -0.495 e. The van der Waals surface area contributed by atoms with Crippen molar-refractivity contribution in [2.75, 3.05) is 32.1 Å². The van der Waals surface area contributed by atoms with Crippen molar-refractivity contribution in [2.45, 2.75) is 25.2 Å². The number of anilines is 1. The number of H-pyrrole nitrogens is 1. The summed E-state index contributed by atoms with van der Waals surface area (Å²) in [6.07, 6.45) is 4.59. The van der Waals surface area contributed by atoms with Crippen LogP contribution in [0.4, 0.5) is 5.69 Å². The highest BCUT2D eigenvalue weighted by Gasteiger charge is 2.25. The second-order valence-electron chi connectivity index (χ2n) is 7.47. The number of amides is 1. The van der Waals surface area contributed by atoms with Crippen molar-refractivity contribution in [3.05, 3.63) is 59.2 Å². The van der Waals surface area contributed by atoms with Gasteiger partial charge in [-0.1, -0.05) is 29.8 Å². The molecule has 2 aromatic carbocycles. The Morgan fingerprint density at radius 2 is 2.03 bits per heavy atom. The molecule has 1 aliphatic heterocycles. The van der Waals surface area contributed by atoms with E-state index in [0.29, 0.717) is 23.9 Å². The molecule has 0 bridgehead atoms. The lowest BCUT2D eigenvalue weighted by molar-refractivity contribution is -0.131. The molecule has 6 heteroatoms. The Morgan fingerprint density at radius 3 is 2.83 bits per heavy atom. The van der Waals surface area contributed by atoms with Gasteiger partial charge in [-0.15, -0.1) is 0 Å². The molecule has 1 saturated heterocycles. The molecule has 0 spiro atoms. The van der Waals surface area contributed by atoms with Gasteiger partial charge >= 0.3 is 0 Å². The molecule has 5 nitrogen and oxygen atoms in total. The summed E-state index contributed by atoms with van der Waals surface area (Å²) >= 11 is 6.06. The Labute approximate surface area is 176 Å². The summed E-state index contributed by atoms with van der Waals surface area (Å²) in [5, 5.41) is 5.21. The van der Waals surface area contributed by atoms with Gasteiger partial charge in [-0.2, -0.15) is 0 Å². The van der Waals surface area contributed by atoms with Crippen LogP contribution in [0.3, 0.4) is 0 Å². The monoisotopic (exact) mass is 411 g/mol. The van der Waals surface area contributed by atoms with E-state index in [9.17, 15) is 4.79 Å². The molecule has 1 aliphatic rings. The van der Waals surface area contributed by atoms with Crippen molar-refractivity contribution in [1.82, 2.24) is 9.88 Å². The lowest BCUT2D eigenvalue weighted by Gasteiger charge is -2.32. The number of fused-ring (bicyclic) bond motifs is 1. The first kappa shape index (κ1) is 19.6. The van der Waals surface area contributed by atoms with Crippen LogP contribution in [0.25, 0.3) is 10.9 Å². The molecule has 1 aromatic heterocycles. The first-order chi connectivity index (χ1) is 14.2. The molecule has 2 heterocycles. The number of hydrogen-bond donors (Lipinski definition) is 2. The molecule has 0 unspecified atom stereocenters. The van der Waals surface area contributed by atoms with Gasteiger partial charge in [0.15, 0.2) is 0 Å². The quantitative estimate of drug-likeness (QED) is 0.597. The van der Waals surface area contributed by atoms with Crippen LogP contribution in [0, 0.1) is 0 Å². The van der Waals surface area contributed by atoms with Gasteiger partial charge in [0.25, 0.3) is 0 Å². The summed E-state index contributed by atoms with van der Waals surface area (Å²) in [6.45, 7) is 2.17. The maximum atomic E-state index is 12.6. The fourth-order valence-corrected chi connectivity index (χ4v) is 4.32. The number of halogens is 1. The Hall–Kier alpha value is -2.66. The normalized spacial score (nSPS) is 14.9. The molecule has 4 rings (SSSR count). The molecule has 0 aliphatic carbocycles. The SMILES string of the molecule is COc1ccc(Cl)cc1NCCC(=O)N1CCC(c2c[nH]c3ccccc23)CC1. The highest BCUT2D eigenvalue weighted by Crippen LogP contribution is 2.33. The fourth-order valence-electron chi connectivity index (χ4n) is 4.15. The van der Waals surface area contributed by atoms with Gasteiger partial charge in [-0.3, -0.25) is 4.79 Å². The number of rotatable bonds is 6. The van der Waals surface area contributed by atoms with Crippen LogP contribution in [0.2, 0.25) is 5.02 Å². The Morgan fingerprint density at radius 1 is 1.24 bits per heavy atom. The van der Waals surface area contributed by atoms with Crippen LogP contribution < -0.4 is 10.1 Å². The summed E-state index contributed by atoms with van der Waals surface area (Å²) < 4.78 is 5.33. The Balaban J connectivity index is 1.29. The number of likely N-dealkylation sites (tertiary alicyclic amines) is 1. The van der Waals surface area contributed by atoms with Gasteiger partial charge in [-0.05, 0) is 48.6 Å². The summed E-state index contributed by atoms with van der Waals surface area (Å²) in [5.41, 5.74) is 3.37. The minimum atomic E-state index is 0.191. The van der Waals surface area contributed by atoms with Crippen molar-refractivity contribution >= 4 is 34.1 Å². The number of ether oxygens (including phenoxy) is 1. The summed E-state index contributed by atoms with van der Waals surface area (Å²) in [7, 11) is 1.62. The number of piperidine rings is 1. The molecule has 0 radical (unpaired) electrons. The molecular formula is C23H26ClN3O2. The fraction of sp³-hybridized carbons (Fsp3) is 0.348. The molecule has 1 amide bonds. The van der Waals surface area contributed by atoms with Crippen molar-refractivity contribution in [1.29, 1.82) is 0 Å². The highest BCUT2D eigenvalue weighted by atomic mass is 35.5. The van der Waals surface area contributed by atoms with Gasteiger partial charge in [-0.25, -0.2) is 0 Å². The van der Waals surface area contributed by atoms with Crippen molar-refractivity contribution in [2.24, 2.45) is 0 Å². The van der Waals surface area contributed by atoms with E-state index >= 15 is 0 Å². The third-order valence-electron chi connectivity index (χ3n) is 5.72. The molecule has 1 fully saturated rings. The molecule has 29 heavy (non-hydrogen) atoms. The number of para-hydroxylation sites is 1. The van der Waals surface area contributed by atoms with Crippen LogP contribution in [-0.2, 0) is 4.79 Å². The number of nitrogens with zero attached hydrogens (tertiary/aromatic N) is 1. The van der Waals surface area contributed by atoms with Crippen molar-refractivity contribution < 1.29 is 9.53 Å². The van der Waals surface area contributed by atoms with Gasteiger partial charge < -0.3 is 19.9 Å². The van der Waals surface area contributed by atoms with E-state index in [1.165, 1.54) is 16.5 Å². The number of hydrogen-bond acceptors (Lipinski definition) is 3. The molecular weight excluding hydrogens is 386 g/mol. The number of aromatic nitrogens is 1. The number of aromatic amines is 1. The van der Waals surface area contributed by atoms with E-state index in [1.807, 2.05) is 17.0 Å². The van der Waals surface area contributed by atoms with E-state index in [1.54, 1.807) is 13.2 Å². The van der Waals surface area contributed by atoms with Crippen LogP contribution in [0.1, 0.15) is 30.7 Å². The zero-order valence-corrected chi connectivity index (χ0v) is 17.3. The first-order valence-corrected chi connectivity index (χ1v) is 10.4. The van der Waals surface area contributed by atoms with Gasteiger partial charge in [0.2, 0.25) is 5.91 Å². The third kappa shape index (κ3) is 4.35. The first-order valence-electron chi connectivity index (χ1n) is 10.1. The van der Waals surface area contributed by atoms with E-state index in [0.717, 1.165) is 37.4 Å². The molecule has 2 N–H and O–H groups in total. The predicted octanol–water partition coefficient (Wildman–Crippen LogP) is 5.04. The second kappa shape index (κ2) is 8.78.